The maximum absolute atomic E-state index is 12.6. The Labute approximate surface area is 148 Å². The maximum Gasteiger partial charge on any atom is 0.341 e. The zero-order valence-electron chi connectivity index (χ0n) is 13.8. The average Bonchev–Trinajstić information content (AvgIpc) is 3.18. The normalized spacial score (nSPS) is 11.1. The van der Waals surface area contributed by atoms with Crippen molar-refractivity contribution in [2.75, 3.05) is 7.11 Å². The van der Waals surface area contributed by atoms with E-state index < -0.39 is 17.9 Å². The first-order chi connectivity index (χ1) is 12.5. The molecule has 0 saturated heterocycles. The van der Waals surface area contributed by atoms with Gasteiger partial charge in [0.25, 0.3) is 12.5 Å². The molecule has 1 aromatic carbocycles. The number of hydrogen-bond donors (Lipinski definition) is 2. The molecular weight excluding hydrogens is 340 g/mol. The highest BCUT2D eigenvalue weighted by atomic mass is 16.5. The molecule has 9 nitrogen and oxygen atoms in total. The van der Waals surface area contributed by atoms with Crippen LogP contribution < -0.4 is 5.32 Å². The number of carbonyl (C=O) groups excluding carboxylic acids is 4. The first kappa shape index (κ1) is 18.5. The summed E-state index contributed by atoms with van der Waals surface area (Å²) < 4.78 is 4.69. The summed E-state index contributed by atoms with van der Waals surface area (Å²) in [5.41, 5.74) is 0.403. The molecule has 1 atom stereocenters. The zero-order chi connectivity index (χ0) is 19.1. The van der Waals surface area contributed by atoms with Gasteiger partial charge in [-0.25, -0.2) is 9.78 Å². The van der Waals surface area contributed by atoms with Gasteiger partial charge in [0, 0.05) is 41.6 Å². The maximum atomic E-state index is 12.6. The molecule has 0 fully saturated rings. The molecule has 0 radical (unpaired) electrons. The number of ether oxygens (including phenoxy) is 1. The number of nitrogens with one attached hydrogen (secondary N) is 2. The lowest BCUT2D eigenvalue weighted by Gasteiger charge is -2.17. The minimum absolute atomic E-state index is 0.0820. The lowest BCUT2D eigenvalue weighted by atomic mass is 9.99. The molecule has 0 spiro atoms. The number of benzene rings is 1. The fourth-order valence-electron chi connectivity index (χ4n) is 2.38. The number of carbonyl (C=O) groups is 4. The van der Waals surface area contributed by atoms with Gasteiger partial charge in [-0.3, -0.25) is 14.4 Å². The molecule has 2 rings (SSSR count). The van der Waals surface area contributed by atoms with Gasteiger partial charge in [0.2, 0.25) is 0 Å². The number of amides is 1. The number of imidazole rings is 1. The molecule has 2 aromatic rings. The van der Waals surface area contributed by atoms with Gasteiger partial charge in [-0.05, 0) is 4.85 Å². The second kappa shape index (κ2) is 8.34. The van der Waals surface area contributed by atoms with Crippen LogP contribution in [0.4, 0.5) is 5.69 Å². The third-order valence-electron chi connectivity index (χ3n) is 3.58. The van der Waals surface area contributed by atoms with Crippen LogP contribution in [-0.2, 0) is 16.0 Å². The highest BCUT2D eigenvalue weighted by Gasteiger charge is 2.27. The van der Waals surface area contributed by atoms with Gasteiger partial charge in [-0.2, -0.15) is 0 Å². The fourth-order valence-corrected chi connectivity index (χ4v) is 2.38. The van der Waals surface area contributed by atoms with E-state index in [4.69, 9.17) is 6.57 Å². The van der Waals surface area contributed by atoms with Gasteiger partial charge in [0.1, 0.15) is 6.04 Å². The van der Waals surface area contributed by atoms with Crippen molar-refractivity contribution in [3.05, 3.63) is 51.9 Å². The SMILES string of the molecule is C#[N+]c1cc(C=O)c(C(=O)N[C@H](Cc2cnc[nH]2)C(=O)OC)c(C=O)c1. The Morgan fingerprint density at radius 1 is 1.35 bits per heavy atom. The van der Waals surface area contributed by atoms with Crippen molar-refractivity contribution in [2.24, 2.45) is 0 Å². The third kappa shape index (κ3) is 3.99. The summed E-state index contributed by atoms with van der Waals surface area (Å²) in [5.74, 6) is -1.48. The van der Waals surface area contributed by atoms with E-state index in [1.165, 1.54) is 31.8 Å². The molecule has 0 unspecified atom stereocenters. The Morgan fingerprint density at radius 2 is 2.00 bits per heavy atom. The lowest BCUT2D eigenvalue weighted by molar-refractivity contribution is -0.142. The standard InChI is InChI=1S/C17H14N4O5/c1-18-12-3-10(7-22)15(11(4-12)8-23)16(24)21-14(17(25)26-2)5-13-6-19-9-20-13/h1,3-4,6-9,14H,5H2,2H3,(H-,19,20,21,24)/p+1/t14-/m1/s1. The van der Waals surface area contributed by atoms with Gasteiger partial charge in [-0.1, -0.05) is 0 Å². The Balaban J connectivity index is 2.37. The smallest absolute Gasteiger partial charge is 0.341 e. The molecule has 0 aliphatic heterocycles. The Kier molecular flexibility index (Phi) is 5.95. The van der Waals surface area contributed by atoms with E-state index in [2.05, 4.69) is 24.9 Å². The molecular formula is C17H15N4O5+. The van der Waals surface area contributed by atoms with Crippen LogP contribution in [-0.4, -0.2) is 47.6 Å². The summed E-state index contributed by atoms with van der Waals surface area (Å²) in [5, 5.41) is 2.47. The van der Waals surface area contributed by atoms with Crippen LogP contribution in [0, 0.1) is 6.57 Å². The molecule has 0 aliphatic rings. The summed E-state index contributed by atoms with van der Waals surface area (Å²) in [6.45, 7) is 5.16. The van der Waals surface area contributed by atoms with Crippen LogP contribution >= 0.6 is 0 Å². The number of hydrogen-bond acceptors (Lipinski definition) is 6. The number of esters is 1. The lowest BCUT2D eigenvalue weighted by Crippen LogP contribution is -2.43. The van der Waals surface area contributed by atoms with E-state index >= 15 is 0 Å². The van der Waals surface area contributed by atoms with E-state index in [1.807, 2.05) is 0 Å². The van der Waals surface area contributed by atoms with E-state index in [-0.39, 0.29) is 28.8 Å². The predicted octanol–water partition coefficient (Wildman–Crippen LogP) is 1.14. The van der Waals surface area contributed by atoms with Crippen LogP contribution in [0.15, 0.2) is 24.7 Å². The molecule has 0 saturated carbocycles. The molecule has 0 aliphatic carbocycles. The second-order valence-electron chi connectivity index (χ2n) is 5.19. The molecule has 2 N–H and O–H groups in total. The van der Waals surface area contributed by atoms with E-state index in [9.17, 15) is 19.2 Å². The largest absolute Gasteiger partial charge is 0.467 e. The molecule has 26 heavy (non-hydrogen) atoms. The number of rotatable bonds is 7. The quantitative estimate of drug-likeness (QED) is 0.567. The highest BCUT2D eigenvalue weighted by Crippen LogP contribution is 2.21. The Bertz CT molecular complexity index is 854. The molecule has 0 bridgehead atoms. The summed E-state index contributed by atoms with van der Waals surface area (Å²) in [4.78, 5) is 57.3. The fraction of sp³-hybridized carbons (Fsp3) is 0.176. The van der Waals surface area contributed by atoms with Crippen molar-refractivity contribution in [3.63, 3.8) is 0 Å². The van der Waals surface area contributed by atoms with E-state index in [0.717, 1.165) is 0 Å². The molecule has 9 heteroatoms. The topological polar surface area (TPSA) is 123 Å². The first-order valence-electron chi connectivity index (χ1n) is 7.39. The van der Waals surface area contributed by atoms with Gasteiger partial charge in [0.05, 0.1) is 19.0 Å². The van der Waals surface area contributed by atoms with Crippen molar-refractivity contribution in [1.82, 2.24) is 15.3 Å². The minimum Gasteiger partial charge on any atom is -0.467 e. The number of aldehydes is 2. The zero-order valence-corrected chi connectivity index (χ0v) is 13.8. The monoisotopic (exact) mass is 355 g/mol. The number of nitrogens with zero attached hydrogens (tertiary/aromatic N) is 2. The Hall–Kier alpha value is -3.80. The highest BCUT2D eigenvalue weighted by molar-refractivity contribution is 6.09. The van der Waals surface area contributed by atoms with Gasteiger partial charge < -0.3 is 15.0 Å². The van der Waals surface area contributed by atoms with Crippen molar-refractivity contribution < 1.29 is 23.9 Å². The third-order valence-corrected chi connectivity index (χ3v) is 3.58. The van der Waals surface area contributed by atoms with Crippen molar-refractivity contribution in [1.29, 1.82) is 0 Å². The first-order valence-corrected chi connectivity index (χ1v) is 7.39. The van der Waals surface area contributed by atoms with Crippen LogP contribution in [0.25, 0.3) is 4.85 Å². The van der Waals surface area contributed by atoms with Crippen LogP contribution in [0.1, 0.15) is 36.8 Å². The molecule has 132 valence electrons. The second-order valence-corrected chi connectivity index (χ2v) is 5.19. The van der Waals surface area contributed by atoms with Crippen molar-refractivity contribution in [2.45, 2.75) is 12.5 Å². The van der Waals surface area contributed by atoms with Gasteiger partial charge in [0.15, 0.2) is 12.6 Å². The number of aromatic nitrogens is 2. The van der Waals surface area contributed by atoms with E-state index in [0.29, 0.717) is 18.3 Å². The van der Waals surface area contributed by atoms with Crippen LogP contribution in [0.3, 0.4) is 0 Å². The number of H-pyrrole nitrogens is 1. The summed E-state index contributed by atoms with van der Waals surface area (Å²) >= 11 is 0. The average molecular weight is 355 g/mol. The Morgan fingerprint density at radius 3 is 2.46 bits per heavy atom. The summed E-state index contributed by atoms with van der Waals surface area (Å²) in [6, 6.07) is 1.47. The summed E-state index contributed by atoms with van der Waals surface area (Å²) in [6.07, 6.45) is 3.81. The molecule has 1 aromatic heterocycles. The molecule has 1 heterocycles. The number of aromatic amines is 1. The van der Waals surface area contributed by atoms with Crippen molar-refractivity contribution >= 4 is 30.1 Å². The minimum atomic E-state index is -1.05. The summed E-state index contributed by atoms with van der Waals surface area (Å²) in [7, 11) is 1.18. The van der Waals surface area contributed by atoms with Crippen molar-refractivity contribution in [3.8, 4) is 6.57 Å². The van der Waals surface area contributed by atoms with Gasteiger partial charge in [-0.15, -0.1) is 0 Å². The van der Waals surface area contributed by atoms with Gasteiger partial charge >= 0.3 is 11.7 Å². The van der Waals surface area contributed by atoms with Crippen LogP contribution in [0.2, 0.25) is 0 Å². The molecule has 1 amide bonds. The van der Waals surface area contributed by atoms with Crippen LogP contribution in [0.5, 0.6) is 0 Å². The van der Waals surface area contributed by atoms with E-state index in [1.54, 1.807) is 0 Å². The predicted molar refractivity (Wildman–Crippen MR) is 90.7 cm³/mol. The number of methoxy groups -OCH3 is 1.